The van der Waals surface area contributed by atoms with Gasteiger partial charge in [0, 0.05) is 45.3 Å². The minimum atomic E-state index is -0.458. The maximum atomic E-state index is 9.87. The van der Waals surface area contributed by atoms with Crippen molar-refractivity contribution in [1.82, 2.24) is 14.7 Å². The smallest absolute Gasteiger partial charge is 0.119 e. The predicted octanol–water partition coefficient (Wildman–Crippen LogP) is 2.05. The summed E-state index contributed by atoms with van der Waals surface area (Å²) in [5, 5.41) is 9.87. The summed E-state index contributed by atoms with van der Waals surface area (Å²) in [5.41, 5.74) is 1.33. The highest BCUT2D eigenvalue weighted by atomic mass is 16.5. The monoisotopic (exact) mass is 361 g/mol. The lowest BCUT2D eigenvalue weighted by Gasteiger charge is -2.38. The van der Waals surface area contributed by atoms with Crippen LogP contribution in [0.25, 0.3) is 0 Å². The van der Waals surface area contributed by atoms with Gasteiger partial charge < -0.3 is 14.7 Å². The Morgan fingerprint density at radius 3 is 2.35 bits per heavy atom. The fourth-order valence-corrected chi connectivity index (χ4v) is 4.17. The van der Waals surface area contributed by atoms with Crippen LogP contribution >= 0.6 is 0 Å². The molecule has 1 aliphatic heterocycles. The molecule has 1 aliphatic carbocycles. The third kappa shape index (κ3) is 5.95. The molecule has 0 spiro atoms. The quantitative estimate of drug-likeness (QED) is 0.767. The Labute approximate surface area is 158 Å². The molecule has 3 rings (SSSR count). The number of rotatable bonds is 8. The van der Waals surface area contributed by atoms with Gasteiger partial charge in [-0.15, -0.1) is 0 Å². The van der Waals surface area contributed by atoms with Crippen LogP contribution in [-0.2, 0) is 6.54 Å². The van der Waals surface area contributed by atoms with Crippen LogP contribution < -0.4 is 4.74 Å². The van der Waals surface area contributed by atoms with Gasteiger partial charge in [-0.05, 0) is 44.6 Å². The fourth-order valence-electron chi connectivity index (χ4n) is 4.17. The van der Waals surface area contributed by atoms with Gasteiger partial charge in [-0.3, -0.25) is 9.80 Å². The van der Waals surface area contributed by atoms with Crippen molar-refractivity contribution in [3.05, 3.63) is 29.8 Å². The highest BCUT2D eigenvalue weighted by molar-refractivity contribution is 5.27. The SMILES string of the molecule is CN(C)CC(O)COc1ccc(CN2CCN(C3CCCC3)CC2)cc1. The summed E-state index contributed by atoms with van der Waals surface area (Å²) >= 11 is 0. The van der Waals surface area contributed by atoms with Crippen LogP contribution in [0.15, 0.2) is 24.3 Å². The van der Waals surface area contributed by atoms with Crippen LogP contribution in [0.4, 0.5) is 0 Å². The van der Waals surface area contributed by atoms with E-state index < -0.39 is 6.10 Å². The third-order valence-corrected chi connectivity index (χ3v) is 5.60. The molecule has 5 heteroatoms. The lowest BCUT2D eigenvalue weighted by Crippen LogP contribution is -2.49. The minimum Gasteiger partial charge on any atom is -0.491 e. The first-order chi connectivity index (χ1) is 12.6. The Morgan fingerprint density at radius 1 is 1.08 bits per heavy atom. The predicted molar refractivity (Wildman–Crippen MR) is 106 cm³/mol. The lowest BCUT2D eigenvalue weighted by molar-refractivity contribution is 0.0830. The molecule has 1 aromatic carbocycles. The molecule has 26 heavy (non-hydrogen) atoms. The molecule has 2 fully saturated rings. The van der Waals surface area contributed by atoms with E-state index in [2.05, 4.69) is 21.9 Å². The Morgan fingerprint density at radius 2 is 1.73 bits per heavy atom. The first kappa shape index (κ1) is 19.6. The molecule has 1 atom stereocenters. The molecule has 5 nitrogen and oxygen atoms in total. The number of benzene rings is 1. The number of nitrogens with zero attached hydrogens (tertiary/aromatic N) is 3. The van der Waals surface area contributed by atoms with Crippen LogP contribution in [0, 0.1) is 0 Å². The first-order valence-electron chi connectivity index (χ1n) is 10.1. The molecule has 0 aromatic heterocycles. The van der Waals surface area contributed by atoms with Crippen molar-refractivity contribution in [2.24, 2.45) is 0 Å². The first-order valence-corrected chi connectivity index (χ1v) is 10.1. The van der Waals surface area contributed by atoms with E-state index in [-0.39, 0.29) is 0 Å². The zero-order valence-electron chi connectivity index (χ0n) is 16.4. The normalized spacial score (nSPS) is 21.4. The molecule has 1 heterocycles. The average molecular weight is 362 g/mol. The Balaban J connectivity index is 1.39. The second kappa shape index (κ2) is 9.70. The summed E-state index contributed by atoms with van der Waals surface area (Å²) in [7, 11) is 3.90. The van der Waals surface area contributed by atoms with Gasteiger partial charge in [-0.2, -0.15) is 0 Å². The molecule has 1 N–H and O–H groups in total. The molecule has 1 aromatic rings. The van der Waals surface area contributed by atoms with Crippen molar-refractivity contribution in [3.63, 3.8) is 0 Å². The van der Waals surface area contributed by atoms with Crippen LogP contribution in [0.5, 0.6) is 5.75 Å². The summed E-state index contributed by atoms with van der Waals surface area (Å²) in [5.74, 6) is 0.831. The minimum absolute atomic E-state index is 0.334. The number of hydrogen-bond acceptors (Lipinski definition) is 5. The van der Waals surface area contributed by atoms with Crippen LogP contribution in [0.3, 0.4) is 0 Å². The van der Waals surface area contributed by atoms with Crippen molar-refractivity contribution in [2.45, 2.75) is 44.4 Å². The zero-order chi connectivity index (χ0) is 18.4. The van der Waals surface area contributed by atoms with E-state index in [4.69, 9.17) is 4.74 Å². The van der Waals surface area contributed by atoms with E-state index in [0.717, 1.165) is 18.3 Å². The van der Waals surface area contributed by atoms with Crippen molar-refractivity contribution >= 4 is 0 Å². The lowest BCUT2D eigenvalue weighted by atomic mass is 10.1. The largest absolute Gasteiger partial charge is 0.491 e. The highest BCUT2D eigenvalue weighted by Gasteiger charge is 2.25. The van der Waals surface area contributed by atoms with Gasteiger partial charge in [0.2, 0.25) is 0 Å². The summed E-state index contributed by atoms with van der Waals surface area (Å²) < 4.78 is 5.69. The van der Waals surface area contributed by atoms with Crippen LogP contribution in [0.2, 0.25) is 0 Å². The third-order valence-electron chi connectivity index (χ3n) is 5.60. The molecule has 1 saturated carbocycles. The van der Waals surface area contributed by atoms with Gasteiger partial charge in [0.05, 0.1) is 0 Å². The Bertz CT molecular complexity index is 521. The molecule has 146 valence electrons. The number of piperazine rings is 1. The summed E-state index contributed by atoms with van der Waals surface area (Å²) in [6.45, 7) is 6.75. The fraction of sp³-hybridized carbons (Fsp3) is 0.714. The van der Waals surface area contributed by atoms with E-state index in [0.29, 0.717) is 13.2 Å². The number of hydrogen-bond donors (Lipinski definition) is 1. The Kier molecular flexibility index (Phi) is 7.32. The number of aliphatic hydroxyl groups excluding tert-OH is 1. The number of ether oxygens (including phenoxy) is 1. The van der Waals surface area contributed by atoms with E-state index in [9.17, 15) is 5.11 Å². The highest BCUT2D eigenvalue weighted by Crippen LogP contribution is 2.24. The van der Waals surface area contributed by atoms with Crippen LogP contribution in [-0.4, -0.2) is 85.4 Å². The molecular weight excluding hydrogens is 326 g/mol. The van der Waals surface area contributed by atoms with Crippen molar-refractivity contribution < 1.29 is 9.84 Å². The molecule has 2 aliphatic rings. The zero-order valence-corrected chi connectivity index (χ0v) is 16.4. The topological polar surface area (TPSA) is 39.2 Å². The summed E-state index contributed by atoms with van der Waals surface area (Å²) in [6.07, 6.45) is 5.20. The molecule has 0 bridgehead atoms. The molecule has 0 amide bonds. The van der Waals surface area contributed by atoms with Gasteiger partial charge in [0.1, 0.15) is 18.5 Å². The second-order valence-corrected chi connectivity index (χ2v) is 8.12. The molecule has 1 unspecified atom stereocenters. The van der Waals surface area contributed by atoms with E-state index >= 15 is 0 Å². The maximum absolute atomic E-state index is 9.87. The standard InChI is InChI=1S/C21H35N3O2/c1-22(2)16-20(25)17-26-21-9-7-18(8-10-21)15-23-11-13-24(14-12-23)19-5-3-4-6-19/h7-10,19-20,25H,3-6,11-17H2,1-2H3. The van der Waals surface area contributed by atoms with Crippen molar-refractivity contribution in [1.29, 1.82) is 0 Å². The van der Waals surface area contributed by atoms with Crippen LogP contribution in [0.1, 0.15) is 31.2 Å². The van der Waals surface area contributed by atoms with Gasteiger partial charge in [-0.25, -0.2) is 0 Å². The average Bonchev–Trinajstić information content (AvgIpc) is 3.16. The van der Waals surface area contributed by atoms with Gasteiger partial charge >= 0.3 is 0 Å². The Hall–Kier alpha value is -1.14. The maximum Gasteiger partial charge on any atom is 0.119 e. The summed E-state index contributed by atoms with van der Waals surface area (Å²) in [6, 6.07) is 9.20. The van der Waals surface area contributed by atoms with Crippen molar-refractivity contribution in [2.75, 3.05) is 53.4 Å². The number of aliphatic hydroxyl groups is 1. The van der Waals surface area contributed by atoms with E-state index in [1.54, 1.807) is 0 Å². The van der Waals surface area contributed by atoms with Crippen molar-refractivity contribution in [3.8, 4) is 5.75 Å². The second-order valence-electron chi connectivity index (χ2n) is 8.12. The van der Waals surface area contributed by atoms with Gasteiger partial charge in [0.15, 0.2) is 0 Å². The summed E-state index contributed by atoms with van der Waals surface area (Å²) in [4.78, 5) is 7.23. The molecule has 0 radical (unpaired) electrons. The van der Waals surface area contributed by atoms with E-state index in [1.807, 2.05) is 31.1 Å². The number of likely N-dealkylation sites (N-methyl/N-ethyl adjacent to an activating group) is 1. The van der Waals surface area contributed by atoms with Gasteiger partial charge in [0.25, 0.3) is 0 Å². The van der Waals surface area contributed by atoms with Gasteiger partial charge in [-0.1, -0.05) is 25.0 Å². The van der Waals surface area contributed by atoms with E-state index in [1.165, 1.54) is 57.4 Å². The molecule has 1 saturated heterocycles. The molecular formula is C21H35N3O2.